The Labute approximate surface area is 155 Å². The third kappa shape index (κ3) is 4.51. The Hall–Kier alpha value is -2.17. The van der Waals surface area contributed by atoms with Crippen LogP contribution in [0, 0.1) is 0 Å². The minimum Gasteiger partial charge on any atom is -0.467 e. The Morgan fingerprint density at radius 3 is 2.04 bits per heavy atom. The van der Waals surface area contributed by atoms with Gasteiger partial charge in [-0.05, 0) is 30.9 Å². The Balaban J connectivity index is 1.72. The maximum Gasteiger partial charge on any atom is 0.337 e. The largest absolute Gasteiger partial charge is 0.467 e. The molecule has 2 atom stereocenters. The molecule has 0 amide bonds. The minimum absolute atomic E-state index is 0.271. The number of esters is 1. The van der Waals surface area contributed by atoms with Crippen LogP contribution in [0.4, 0.5) is 0 Å². The number of benzene rings is 2. The first-order valence-electron chi connectivity index (χ1n) is 9.15. The van der Waals surface area contributed by atoms with Gasteiger partial charge in [0.15, 0.2) is 5.60 Å². The first-order chi connectivity index (χ1) is 12.6. The fraction of sp³-hybridized carbons (Fsp3) is 0.409. The second-order valence-corrected chi connectivity index (χ2v) is 7.10. The summed E-state index contributed by atoms with van der Waals surface area (Å²) in [5, 5.41) is 0. The maximum atomic E-state index is 12.0. The number of methoxy groups -OCH3 is 1. The molecule has 138 valence electrons. The van der Waals surface area contributed by atoms with Crippen molar-refractivity contribution in [2.75, 3.05) is 13.7 Å². The summed E-state index contributed by atoms with van der Waals surface area (Å²) in [6, 6.07) is 21.2. The van der Waals surface area contributed by atoms with Gasteiger partial charge < -0.3 is 9.47 Å². The molecule has 1 heterocycles. The van der Waals surface area contributed by atoms with E-state index in [-0.39, 0.29) is 12.0 Å². The van der Waals surface area contributed by atoms with Gasteiger partial charge in [-0.3, -0.25) is 4.90 Å². The molecule has 0 aliphatic carbocycles. The molecule has 4 heteroatoms. The van der Waals surface area contributed by atoms with Crippen LogP contribution in [-0.4, -0.2) is 36.2 Å². The zero-order valence-corrected chi connectivity index (χ0v) is 15.6. The molecule has 1 aliphatic heterocycles. The van der Waals surface area contributed by atoms with Gasteiger partial charge >= 0.3 is 5.97 Å². The fourth-order valence-corrected chi connectivity index (χ4v) is 3.49. The molecule has 26 heavy (non-hydrogen) atoms. The van der Waals surface area contributed by atoms with Crippen molar-refractivity contribution >= 4 is 5.97 Å². The second-order valence-electron chi connectivity index (χ2n) is 7.10. The highest BCUT2D eigenvalue weighted by molar-refractivity contribution is 5.79. The van der Waals surface area contributed by atoms with E-state index in [1.165, 1.54) is 18.2 Å². The fourth-order valence-electron chi connectivity index (χ4n) is 3.49. The van der Waals surface area contributed by atoms with Gasteiger partial charge in [0.25, 0.3) is 0 Å². The molecule has 1 unspecified atom stereocenters. The van der Waals surface area contributed by atoms with Crippen LogP contribution in [0.2, 0.25) is 0 Å². The lowest BCUT2D eigenvalue weighted by molar-refractivity contribution is -0.178. The third-order valence-electron chi connectivity index (χ3n) is 5.14. The molecule has 1 aliphatic rings. The third-order valence-corrected chi connectivity index (χ3v) is 5.14. The number of ether oxygens (including phenoxy) is 2. The van der Waals surface area contributed by atoms with Crippen molar-refractivity contribution in [3.63, 3.8) is 0 Å². The highest BCUT2D eigenvalue weighted by Gasteiger charge is 2.41. The number of carbonyl (C=O) groups excluding carboxylic acids is 1. The van der Waals surface area contributed by atoms with E-state index >= 15 is 0 Å². The van der Waals surface area contributed by atoms with Crippen LogP contribution in [-0.2, 0) is 27.4 Å². The summed E-state index contributed by atoms with van der Waals surface area (Å²) in [6.45, 7) is 4.08. The molecule has 0 N–H and O–H groups in total. The molecule has 2 aromatic carbocycles. The van der Waals surface area contributed by atoms with Crippen LogP contribution in [0.1, 0.15) is 30.9 Å². The molecule has 4 nitrogen and oxygen atoms in total. The van der Waals surface area contributed by atoms with Gasteiger partial charge in [-0.1, -0.05) is 60.7 Å². The van der Waals surface area contributed by atoms with Crippen molar-refractivity contribution in [2.45, 2.75) is 44.5 Å². The van der Waals surface area contributed by atoms with Crippen molar-refractivity contribution in [1.29, 1.82) is 0 Å². The van der Waals surface area contributed by atoms with E-state index < -0.39 is 5.60 Å². The average Bonchev–Trinajstić information content (AvgIpc) is 2.69. The van der Waals surface area contributed by atoms with Gasteiger partial charge in [0.2, 0.25) is 0 Å². The molecular weight excluding hydrogens is 326 g/mol. The number of hydrogen-bond donors (Lipinski definition) is 0. The lowest BCUT2D eigenvalue weighted by atomic mass is 9.92. The van der Waals surface area contributed by atoms with E-state index in [1.54, 1.807) is 0 Å². The molecule has 1 saturated heterocycles. The van der Waals surface area contributed by atoms with Gasteiger partial charge in [0, 0.05) is 19.1 Å². The zero-order valence-electron chi connectivity index (χ0n) is 15.6. The van der Waals surface area contributed by atoms with Gasteiger partial charge in [-0.2, -0.15) is 0 Å². The van der Waals surface area contributed by atoms with Crippen molar-refractivity contribution < 1.29 is 14.3 Å². The van der Waals surface area contributed by atoms with Gasteiger partial charge in [0.05, 0.1) is 13.7 Å². The normalized spacial score (nSPS) is 23.0. The summed E-state index contributed by atoms with van der Waals surface area (Å²) in [5.74, 6) is -0.284. The SMILES string of the molecule is COC(=O)C1(C)CC[C@@H](N(Cc2ccccc2)Cc2ccccc2)CO1. The molecule has 0 spiro atoms. The van der Waals surface area contributed by atoms with E-state index in [9.17, 15) is 4.79 Å². The molecular formula is C22H27NO3. The summed E-state index contributed by atoms with van der Waals surface area (Å²) in [7, 11) is 1.42. The summed E-state index contributed by atoms with van der Waals surface area (Å²) in [4.78, 5) is 14.4. The first-order valence-corrected chi connectivity index (χ1v) is 9.15. The number of rotatable bonds is 6. The van der Waals surface area contributed by atoms with Gasteiger partial charge in [0.1, 0.15) is 0 Å². The quantitative estimate of drug-likeness (QED) is 0.741. The van der Waals surface area contributed by atoms with Gasteiger partial charge in [-0.15, -0.1) is 0 Å². The summed E-state index contributed by atoms with van der Waals surface area (Å²) >= 11 is 0. The van der Waals surface area contributed by atoms with Crippen molar-refractivity contribution in [3.8, 4) is 0 Å². The number of nitrogens with zero attached hydrogens (tertiary/aromatic N) is 1. The van der Waals surface area contributed by atoms with Gasteiger partial charge in [-0.25, -0.2) is 4.79 Å². The number of carbonyl (C=O) groups is 1. The summed E-state index contributed by atoms with van der Waals surface area (Å²) < 4.78 is 10.9. The average molecular weight is 353 g/mol. The van der Waals surface area contributed by atoms with E-state index in [0.717, 1.165) is 19.5 Å². The highest BCUT2D eigenvalue weighted by atomic mass is 16.6. The molecule has 0 saturated carbocycles. The molecule has 0 bridgehead atoms. The van der Waals surface area contributed by atoms with Crippen LogP contribution >= 0.6 is 0 Å². The Bertz CT molecular complexity index is 652. The van der Waals surface area contributed by atoms with Crippen LogP contribution < -0.4 is 0 Å². The summed E-state index contributed by atoms with van der Waals surface area (Å²) in [5.41, 5.74) is 1.74. The predicted octanol–water partition coefficient (Wildman–Crippen LogP) is 3.80. The highest BCUT2D eigenvalue weighted by Crippen LogP contribution is 2.29. The standard InChI is InChI=1S/C22H27NO3/c1-22(21(24)25-2)14-13-20(17-26-22)23(15-18-9-5-3-6-10-18)16-19-11-7-4-8-12-19/h3-12,20H,13-17H2,1-2H3/t20-,22?/m1/s1. The van der Waals surface area contributed by atoms with E-state index in [0.29, 0.717) is 13.0 Å². The van der Waals surface area contributed by atoms with Crippen LogP contribution in [0.15, 0.2) is 60.7 Å². The van der Waals surface area contributed by atoms with Crippen molar-refractivity contribution in [2.24, 2.45) is 0 Å². The van der Waals surface area contributed by atoms with E-state index in [4.69, 9.17) is 9.47 Å². The Morgan fingerprint density at radius 1 is 1.08 bits per heavy atom. The monoisotopic (exact) mass is 353 g/mol. The molecule has 2 aromatic rings. The minimum atomic E-state index is -0.823. The first kappa shape index (κ1) is 18.6. The second kappa shape index (κ2) is 8.47. The number of hydrogen-bond acceptors (Lipinski definition) is 4. The molecule has 1 fully saturated rings. The maximum absolute atomic E-state index is 12.0. The predicted molar refractivity (Wildman–Crippen MR) is 102 cm³/mol. The molecule has 0 radical (unpaired) electrons. The van der Waals surface area contributed by atoms with Crippen molar-refractivity contribution in [3.05, 3.63) is 71.8 Å². The molecule has 0 aromatic heterocycles. The van der Waals surface area contributed by atoms with Crippen LogP contribution in [0.25, 0.3) is 0 Å². The summed E-state index contributed by atoms with van der Waals surface area (Å²) in [6.07, 6.45) is 1.58. The van der Waals surface area contributed by atoms with Crippen molar-refractivity contribution in [1.82, 2.24) is 4.90 Å². The lowest BCUT2D eigenvalue weighted by Gasteiger charge is -2.40. The lowest BCUT2D eigenvalue weighted by Crippen LogP contribution is -2.50. The van der Waals surface area contributed by atoms with E-state index in [2.05, 4.69) is 53.4 Å². The topological polar surface area (TPSA) is 38.8 Å². The van der Waals surface area contributed by atoms with Crippen LogP contribution in [0.5, 0.6) is 0 Å². The molecule has 3 rings (SSSR count). The Morgan fingerprint density at radius 2 is 1.62 bits per heavy atom. The smallest absolute Gasteiger partial charge is 0.337 e. The van der Waals surface area contributed by atoms with E-state index in [1.807, 2.05) is 19.1 Å². The Kier molecular flexibility index (Phi) is 6.07. The van der Waals surface area contributed by atoms with Crippen LogP contribution in [0.3, 0.4) is 0 Å². The zero-order chi connectivity index (χ0) is 18.4.